The Labute approximate surface area is 160 Å². The first-order chi connectivity index (χ1) is 13.0. The minimum atomic E-state index is -0.375. The van der Waals surface area contributed by atoms with E-state index < -0.39 is 0 Å². The highest BCUT2D eigenvalue weighted by molar-refractivity contribution is 8.00. The Morgan fingerprint density at radius 2 is 1.89 bits per heavy atom. The van der Waals surface area contributed by atoms with Gasteiger partial charge in [0, 0.05) is 18.3 Å². The summed E-state index contributed by atoms with van der Waals surface area (Å²) in [4.78, 5) is 23.5. The van der Waals surface area contributed by atoms with Crippen molar-refractivity contribution < 1.29 is 14.0 Å². The summed E-state index contributed by atoms with van der Waals surface area (Å²) in [6, 6.07) is 10.6. The number of furan rings is 1. The molecule has 2 aromatic heterocycles. The van der Waals surface area contributed by atoms with Gasteiger partial charge in [-0.25, -0.2) is 0 Å². The van der Waals surface area contributed by atoms with Gasteiger partial charge in [0.2, 0.25) is 11.8 Å². The van der Waals surface area contributed by atoms with Gasteiger partial charge in [-0.05, 0) is 43.3 Å². The van der Waals surface area contributed by atoms with Gasteiger partial charge in [0.05, 0.1) is 18.1 Å². The largest absolute Gasteiger partial charge is 0.467 e. The predicted octanol–water partition coefficient (Wildman–Crippen LogP) is 3.00. The van der Waals surface area contributed by atoms with E-state index in [1.54, 1.807) is 43.8 Å². The summed E-state index contributed by atoms with van der Waals surface area (Å²) in [6.07, 6.45) is 3.22. The van der Waals surface area contributed by atoms with Gasteiger partial charge in [-0.1, -0.05) is 11.8 Å². The summed E-state index contributed by atoms with van der Waals surface area (Å²) in [5, 5.41) is 13.8. The van der Waals surface area contributed by atoms with Gasteiger partial charge in [0.15, 0.2) is 5.16 Å². The SMILES string of the molecule is CC(=O)Nc1ccc(NC(=O)C(C)Sc2nncn2Cc2ccco2)cc1. The smallest absolute Gasteiger partial charge is 0.237 e. The molecule has 2 N–H and O–H groups in total. The van der Waals surface area contributed by atoms with Crippen molar-refractivity contribution in [2.45, 2.75) is 30.8 Å². The molecule has 0 bridgehead atoms. The van der Waals surface area contributed by atoms with Crippen LogP contribution in [-0.4, -0.2) is 31.8 Å². The molecule has 0 saturated carbocycles. The number of carbonyl (C=O) groups excluding carboxylic acids is 2. The maximum atomic E-state index is 12.5. The maximum absolute atomic E-state index is 12.5. The maximum Gasteiger partial charge on any atom is 0.237 e. The van der Waals surface area contributed by atoms with Gasteiger partial charge in [-0.15, -0.1) is 10.2 Å². The van der Waals surface area contributed by atoms with Crippen molar-refractivity contribution in [1.82, 2.24) is 14.8 Å². The van der Waals surface area contributed by atoms with Crippen LogP contribution in [0, 0.1) is 0 Å². The average molecular weight is 385 g/mol. The fraction of sp³-hybridized carbons (Fsp3) is 0.222. The van der Waals surface area contributed by atoms with Crippen LogP contribution in [0.5, 0.6) is 0 Å². The first kappa shape index (κ1) is 18.7. The second-order valence-corrected chi connectivity index (χ2v) is 7.14. The number of hydrogen-bond acceptors (Lipinski definition) is 6. The van der Waals surface area contributed by atoms with Crippen LogP contribution < -0.4 is 10.6 Å². The molecule has 1 unspecified atom stereocenters. The Bertz CT molecular complexity index is 905. The Kier molecular flexibility index (Phi) is 5.92. The lowest BCUT2D eigenvalue weighted by Gasteiger charge is -2.12. The van der Waals surface area contributed by atoms with Crippen molar-refractivity contribution in [3.8, 4) is 0 Å². The molecule has 2 heterocycles. The number of carbonyl (C=O) groups is 2. The van der Waals surface area contributed by atoms with Crippen molar-refractivity contribution in [2.75, 3.05) is 10.6 Å². The van der Waals surface area contributed by atoms with E-state index in [1.807, 2.05) is 16.7 Å². The summed E-state index contributed by atoms with van der Waals surface area (Å²) >= 11 is 1.32. The van der Waals surface area contributed by atoms with Crippen LogP contribution in [0.2, 0.25) is 0 Å². The van der Waals surface area contributed by atoms with E-state index in [0.717, 1.165) is 5.76 Å². The fourth-order valence-electron chi connectivity index (χ4n) is 2.31. The molecule has 0 spiro atoms. The number of nitrogens with zero attached hydrogens (tertiary/aromatic N) is 3. The molecule has 3 aromatic rings. The van der Waals surface area contributed by atoms with Crippen molar-refractivity contribution in [2.24, 2.45) is 0 Å². The lowest BCUT2D eigenvalue weighted by Crippen LogP contribution is -2.23. The molecular formula is C18H19N5O3S. The third kappa shape index (κ3) is 5.20. The van der Waals surface area contributed by atoms with Crippen molar-refractivity contribution in [1.29, 1.82) is 0 Å². The van der Waals surface area contributed by atoms with E-state index in [9.17, 15) is 9.59 Å². The molecule has 3 rings (SSSR count). The molecule has 0 aliphatic carbocycles. The zero-order valence-electron chi connectivity index (χ0n) is 14.9. The van der Waals surface area contributed by atoms with E-state index in [4.69, 9.17) is 4.42 Å². The van der Waals surface area contributed by atoms with Crippen LogP contribution in [0.4, 0.5) is 11.4 Å². The van der Waals surface area contributed by atoms with Crippen LogP contribution in [0.3, 0.4) is 0 Å². The highest BCUT2D eigenvalue weighted by Gasteiger charge is 2.18. The van der Waals surface area contributed by atoms with Crippen LogP contribution in [0.15, 0.2) is 58.6 Å². The topological polar surface area (TPSA) is 102 Å². The lowest BCUT2D eigenvalue weighted by molar-refractivity contribution is -0.115. The predicted molar refractivity (Wildman–Crippen MR) is 103 cm³/mol. The molecule has 0 saturated heterocycles. The number of thioether (sulfide) groups is 1. The van der Waals surface area contributed by atoms with Crippen LogP contribution >= 0.6 is 11.8 Å². The fourth-order valence-corrected chi connectivity index (χ4v) is 3.13. The van der Waals surface area contributed by atoms with E-state index in [-0.39, 0.29) is 17.1 Å². The van der Waals surface area contributed by atoms with Gasteiger partial charge in [-0.3, -0.25) is 9.59 Å². The summed E-state index contributed by atoms with van der Waals surface area (Å²) in [6.45, 7) is 3.75. The molecule has 1 atom stereocenters. The highest BCUT2D eigenvalue weighted by Crippen LogP contribution is 2.23. The molecule has 0 fully saturated rings. The Morgan fingerprint density at radius 1 is 1.19 bits per heavy atom. The zero-order chi connectivity index (χ0) is 19.2. The third-order valence-electron chi connectivity index (χ3n) is 3.61. The van der Waals surface area contributed by atoms with E-state index in [1.165, 1.54) is 18.7 Å². The van der Waals surface area contributed by atoms with E-state index >= 15 is 0 Å². The number of hydrogen-bond donors (Lipinski definition) is 2. The number of rotatable bonds is 7. The van der Waals surface area contributed by atoms with Crippen molar-refractivity contribution in [3.63, 3.8) is 0 Å². The minimum absolute atomic E-state index is 0.143. The molecule has 9 heteroatoms. The van der Waals surface area contributed by atoms with Crippen LogP contribution in [0.25, 0.3) is 0 Å². The Hall–Kier alpha value is -3.07. The number of amides is 2. The monoisotopic (exact) mass is 385 g/mol. The number of nitrogens with one attached hydrogen (secondary N) is 2. The summed E-state index contributed by atoms with van der Waals surface area (Å²) in [5.74, 6) is 0.489. The molecule has 0 aliphatic heterocycles. The zero-order valence-corrected chi connectivity index (χ0v) is 15.7. The van der Waals surface area contributed by atoms with Crippen molar-refractivity contribution >= 4 is 35.0 Å². The molecule has 8 nitrogen and oxygen atoms in total. The standard InChI is InChI=1S/C18H19N5O3S/c1-12(17(25)21-15-7-5-14(6-8-15)20-13(2)24)27-18-22-19-11-23(18)10-16-4-3-9-26-16/h3-9,11-12H,10H2,1-2H3,(H,20,24)(H,21,25). The highest BCUT2D eigenvalue weighted by atomic mass is 32.2. The molecule has 0 radical (unpaired) electrons. The first-order valence-corrected chi connectivity index (χ1v) is 9.14. The van der Waals surface area contributed by atoms with Crippen LogP contribution in [0.1, 0.15) is 19.6 Å². The molecule has 2 amide bonds. The van der Waals surface area contributed by atoms with Crippen LogP contribution in [-0.2, 0) is 16.1 Å². The van der Waals surface area contributed by atoms with Gasteiger partial charge in [0.1, 0.15) is 12.1 Å². The summed E-state index contributed by atoms with van der Waals surface area (Å²) in [5.41, 5.74) is 1.33. The molecule has 1 aromatic carbocycles. The average Bonchev–Trinajstić information content (AvgIpc) is 3.29. The summed E-state index contributed by atoms with van der Waals surface area (Å²) < 4.78 is 7.16. The van der Waals surface area contributed by atoms with Gasteiger partial charge >= 0.3 is 0 Å². The number of benzene rings is 1. The quantitative estimate of drug-likeness (QED) is 0.606. The second kappa shape index (κ2) is 8.54. The Morgan fingerprint density at radius 3 is 2.52 bits per heavy atom. The van der Waals surface area contributed by atoms with Gasteiger partial charge in [-0.2, -0.15) is 0 Å². The van der Waals surface area contributed by atoms with E-state index in [2.05, 4.69) is 20.8 Å². The Balaban J connectivity index is 1.58. The molecule has 0 aliphatic rings. The normalized spacial score (nSPS) is 11.8. The molecule has 27 heavy (non-hydrogen) atoms. The van der Waals surface area contributed by atoms with Crippen molar-refractivity contribution in [3.05, 3.63) is 54.7 Å². The minimum Gasteiger partial charge on any atom is -0.467 e. The van der Waals surface area contributed by atoms with E-state index in [0.29, 0.717) is 23.1 Å². The van der Waals surface area contributed by atoms with Gasteiger partial charge in [0.25, 0.3) is 0 Å². The van der Waals surface area contributed by atoms with Gasteiger partial charge < -0.3 is 19.6 Å². The lowest BCUT2D eigenvalue weighted by atomic mass is 10.2. The third-order valence-corrected chi connectivity index (χ3v) is 4.71. The first-order valence-electron chi connectivity index (χ1n) is 8.26. The number of anilines is 2. The second-order valence-electron chi connectivity index (χ2n) is 5.83. The number of aromatic nitrogens is 3. The summed E-state index contributed by atoms with van der Waals surface area (Å²) in [7, 11) is 0. The molecule has 140 valence electrons. The molecular weight excluding hydrogens is 366 g/mol.